The van der Waals surface area contributed by atoms with Crippen molar-refractivity contribution in [3.8, 4) is 5.75 Å². The van der Waals surface area contributed by atoms with Gasteiger partial charge in [0.2, 0.25) is 5.91 Å². The van der Waals surface area contributed by atoms with Gasteiger partial charge in [-0.3, -0.25) is 9.59 Å². The summed E-state index contributed by atoms with van der Waals surface area (Å²) in [6.07, 6.45) is 7.84. The fourth-order valence-electron chi connectivity index (χ4n) is 4.78. The molecule has 1 N–H and O–H groups in total. The number of fused-ring (bicyclic) bond motifs is 2. The summed E-state index contributed by atoms with van der Waals surface area (Å²) in [4.78, 5) is 31.1. The lowest BCUT2D eigenvalue weighted by atomic mass is 9.98. The highest BCUT2D eigenvalue weighted by Crippen LogP contribution is 2.41. The quantitative estimate of drug-likeness (QED) is 0.746. The van der Waals surface area contributed by atoms with Gasteiger partial charge in [0.05, 0.1) is 0 Å². The van der Waals surface area contributed by atoms with Gasteiger partial charge >= 0.3 is 0 Å². The zero-order valence-corrected chi connectivity index (χ0v) is 18.3. The van der Waals surface area contributed by atoms with Crippen LogP contribution in [-0.4, -0.2) is 40.9 Å². The number of amides is 2. The minimum absolute atomic E-state index is 0.0149. The third kappa shape index (κ3) is 3.93. The van der Waals surface area contributed by atoms with Crippen molar-refractivity contribution in [2.75, 3.05) is 18.4 Å². The molecule has 0 bridgehead atoms. The van der Waals surface area contributed by atoms with Gasteiger partial charge in [-0.15, -0.1) is 0 Å². The van der Waals surface area contributed by atoms with Crippen molar-refractivity contribution in [1.29, 1.82) is 0 Å². The first-order valence-corrected chi connectivity index (χ1v) is 11.2. The van der Waals surface area contributed by atoms with E-state index in [2.05, 4.69) is 40.6 Å². The van der Waals surface area contributed by atoms with Crippen LogP contribution in [0.2, 0.25) is 0 Å². The van der Waals surface area contributed by atoms with Crippen LogP contribution in [0.1, 0.15) is 31.4 Å². The summed E-state index contributed by atoms with van der Waals surface area (Å²) in [5.74, 6) is 1.77. The molecule has 3 heterocycles. The summed E-state index contributed by atoms with van der Waals surface area (Å²) in [7, 11) is 0. The number of likely N-dealkylation sites (tertiary alicyclic amines) is 1. The van der Waals surface area contributed by atoms with Crippen LogP contribution in [0.5, 0.6) is 5.75 Å². The standard InChI is InChI=1S/C26H27N3O3/c1-16(2)24-26(31)28-25-22(32-24)10-17(13-27-25)8-9-23(30)29-14-20-11-19(12-21(20)15-29)18-6-4-3-5-7-18/h3-11,13,16,20-21,24H,12,14-15H2,1-2H3,(H,27,28,31)/b9-8+. The van der Waals surface area contributed by atoms with Crippen LogP contribution in [0.15, 0.2) is 54.7 Å². The molecule has 2 amide bonds. The number of carbonyl (C=O) groups excluding carboxylic acids is 2. The average Bonchev–Trinajstić information content (AvgIpc) is 3.37. The number of carbonyl (C=O) groups is 2. The monoisotopic (exact) mass is 429 g/mol. The van der Waals surface area contributed by atoms with Crippen molar-refractivity contribution in [2.45, 2.75) is 26.4 Å². The van der Waals surface area contributed by atoms with Crippen molar-refractivity contribution in [2.24, 2.45) is 17.8 Å². The van der Waals surface area contributed by atoms with Crippen LogP contribution >= 0.6 is 0 Å². The fraction of sp³-hybridized carbons (Fsp3) is 0.346. The molecule has 164 valence electrons. The number of nitrogens with zero attached hydrogens (tertiary/aromatic N) is 2. The zero-order chi connectivity index (χ0) is 22.2. The number of nitrogens with one attached hydrogen (secondary N) is 1. The molecular formula is C26H27N3O3. The molecule has 5 rings (SSSR count). The molecule has 1 aromatic carbocycles. The molecule has 1 fully saturated rings. The second-order valence-electron chi connectivity index (χ2n) is 9.15. The molecule has 2 aromatic rings. The molecular weight excluding hydrogens is 402 g/mol. The van der Waals surface area contributed by atoms with Gasteiger partial charge in [-0.1, -0.05) is 50.3 Å². The Hall–Kier alpha value is -3.41. The van der Waals surface area contributed by atoms with Crippen LogP contribution < -0.4 is 10.1 Å². The van der Waals surface area contributed by atoms with Gasteiger partial charge in [0.15, 0.2) is 17.7 Å². The summed E-state index contributed by atoms with van der Waals surface area (Å²) >= 11 is 0. The molecule has 6 nitrogen and oxygen atoms in total. The Labute approximate surface area is 188 Å². The number of rotatable bonds is 4. The van der Waals surface area contributed by atoms with E-state index in [1.165, 1.54) is 11.1 Å². The van der Waals surface area contributed by atoms with Gasteiger partial charge in [0.1, 0.15) is 0 Å². The van der Waals surface area contributed by atoms with Gasteiger partial charge in [-0.25, -0.2) is 4.98 Å². The zero-order valence-electron chi connectivity index (χ0n) is 18.3. The molecule has 1 aromatic heterocycles. The molecule has 1 saturated heterocycles. The van der Waals surface area contributed by atoms with Gasteiger partial charge < -0.3 is 15.0 Å². The normalized spacial score (nSPS) is 24.2. The minimum Gasteiger partial charge on any atom is -0.476 e. The third-order valence-electron chi connectivity index (χ3n) is 6.50. The Morgan fingerprint density at radius 1 is 1.25 bits per heavy atom. The summed E-state index contributed by atoms with van der Waals surface area (Å²) in [5.41, 5.74) is 3.45. The summed E-state index contributed by atoms with van der Waals surface area (Å²) < 4.78 is 5.84. The Balaban J connectivity index is 1.23. The maximum Gasteiger partial charge on any atom is 0.266 e. The molecule has 32 heavy (non-hydrogen) atoms. The lowest BCUT2D eigenvalue weighted by Gasteiger charge is -2.27. The minimum atomic E-state index is -0.539. The number of aromatic nitrogens is 1. The maximum absolute atomic E-state index is 12.8. The number of hydrogen-bond acceptors (Lipinski definition) is 4. The lowest BCUT2D eigenvalue weighted by Crippen LogP contribution is -2.40. The van der Waals surface area contributed by atoms with Crippen LogP contribution in [0.3, 0.4) is 0 Å². The topological polar surface area (TPSA) is 71.5 Å². The van der Waals surface area contributed by atoms with Crippen molar-refractivity contribution >= 4 is 29.3 Å². The van der Waals surface area contributed by atoms with E-state index in [0.717, 1.165) is 25.1 Å². The number of hydrogen-bond donors (Lipinski definition) is 1. The molecule has 1 aliphatic carbocycles. The Morgan fingerprint density at radius 2 is 2.06 bits per heavy atom. The smallest absolute Gasteiger partial charge is 0.266 e. The number of anilines is 1. The van der Waals surface area contributed by atoms with Crippen LogP contribution in [-0.2, 0) is 9.59 Å². The van der Waals surface area contributed by atoms with E-state index < -0.39 is 6.10 Å². The molecule has 3 atom stereocenters. The largest absolute Gasteiger partial charge is 0.476 e. The highest BCUT2D eigenvalue weighted by Gasteiger charge is 2.37. The van der Waals surface area contributed by atoms with Crippen LogP contribution in [0.25, 0.3) is 11.6 Å². The number of ether oxygens (including phenoxy) is 1. The first kappa shape index (κ1) is 20.5. The van der Waals surface area contributed by atoms with Crippen molar-refractivity contribution in [3.63, 3.8) is 0 Å². The van der Waals surface area contributed by atoms with E-state index in [9.17, 15) is 9.59 Å². The molecule has 2 aliphatic heterocycles. The first-order chi connectivity index (χ1) is 15.5. The summed E-state index contributed by atoms with van der Waals surface area (Å²) in [6.45, 7) is 5.43. The SMILES string of the molecule is CC(C)C1Oc2cc(/C=C/C(=O)N3CC4C=C(c5ccccc5)CC4C3)cnc2NC1=O. The van der Waals surface area contributed by atoms with E-state index >= 15 is 0 Å². The fourth-order valence-corrected chi connectivity index (χ4v) is 4.78. The second-order valence-corrected chi connectivity index (χ2v) is 9.15. The van der Waals surface area contributed by atoms with Crippen molar-refractivity contribution < 1.29 is 14.3 Å². The van der Waals surface area contributed by atoms with Gasteiger partial charge in [0.25, 0.3) is 5.91 Å². The van der Waals surface area contributed by atoms with Gasteiger partial charge in [0, 0.05) is 25.4 Å². The highest BCUT2D eigenvalue weighted by molar-refractivity contribution is 5.97. The van der Waals surface area contributed by atoms with Gasteiger partial charge in [-0.05, 0) is 53.0 Å². The van der Waals surface area contributed by atoms with Gasteiger partial charge in [-0.2, -0.15) is 0 Å². The van der Waals surface area contributed by atoms with E-state index in [0.29, 0.717) is 23.4 Å². The molecule has 3 aliphatic rings. The summed E-state index contributed by atoms with van der Waals surface area (Å²) in [6, 6.07) is 12.3. The third-order valence-corrected chi connectivity index (χ3v) is 6.50. The molecule has 0 spiro atoms. The lowest BCUT2D eigenvalue weighted by molar-refractivity contribution is -0.126. The Kier molecular flexibility index (Phi) is 5.29. The second kappa shape index (κ2) is 8.26. The average molecular weight is 430 g/mol. The predicted molar refractivity (Wildman–Crippen MR) is 124 cm³/mol. The summed E-state index contributed by atoms with van der Waals surface area (Å²) in [5, 5.41) is 2.79. The van der Waals surface area contributed by atoms with Crippen molar-refractivity contribution in [1.82, 2.24) is 9.88 Å². The Morgan fingerprint density at radius 3 is 2.81 bits per heavy atom. The van der Waals surface area contributed by atoms with E-state index in [4.69, 9.17) is 4.74 Å². The maximum atomic E-state index is 12.8. The molecule has 3 unspecified atom stereocenters. The molecule has 6 heteroatoms. The van der Waals surface area contributed by atoms with Crippen LogP contribution in [0.4, 0.5) is 5.82 Å². The van der Waals surface area contributed by atoms with E-state index in [1.54, 1.807) is 18.3 Å². The first-order valence-electron chi connectivity index (χ1n) is 11.2. The van der Waals surface area contributed by atoms with E-state index in [1.807, 2.05) is 30.9 Å². The number of pyridine rings is 1. The Bertz CT molecular complexity index is 1110. The number of benzene rings is 1. The highest BCUT2D eigenvalue weighted by atomic mass is 16.5. The van der Waals surface area contributed by atoms with Crippen LogP contribution in [0, 0.1) is 17.8 Å². The predicted octanol–water partition coefficient (Wildman–Crippen LogP) is 4.01. The number of allylic oxidation sites excluding steroid dienone is 1. The molecule has 0 saturated carbocycles. The molecule has 0 radical (unpaired) electrons. The van der Waals surface area contributed by atoms with Crippen molar-refractivity contribution in [3.05, 3.63) is 65.9 Å². The van der Waals surface area contributed by atoms with E-state index in [-0.39, 0.29) is 17.7 Å².